The summed E-state index contributed by atoms with van der Waals surface area (Å²) in [6.07, 6.45) is 1.64. The van der Waals surface area contributed by atoms with Gasteiger partial charge in [0.2, 0.25) is 0 Å². The van der Waals surface area contributed by atoms with Crippen LogP contribution in [0.15, 0.2) is 36.7 Å². The summed E-state index contributed by atoms with van der Waals surface area (Å²) in [4.78, 5) is 16.1. The van der Waals surface area contributed by atoms with Crippen LogP contribution in [-0.2, 0) is 0 Å². The first-order chi connectivity index (χ1) is 7.84. The van der Waals surface area contributed by atoms with Gasteiger partial charge in [-0.25, -0.2) is 15.0 Å². The summed E-state index contributed by atoms with van der Waals surface area (Å²) in [6, 6.07) is 9.91. The molecule has 2 aromatic heterocycles. The molecule has 0 amide bonds. The van der Waals surface area contributed by atoms with E-state index < -0.39 is 0 Å². The summed E-state index contributed by atoms with van der Waals surface area (Å²) < 4.78 is 0. The maximum absolute atomic E-state index is 4.46. The zero-order valence-corrected chi connectivity index (χ0v) is 8.81. The van der Waals surface area contributed by atoms with Crippen LogP contribution >= 0.6 is 0 Å². The van der Waals surface area contributed by atoms with Gasteiger partial charge in [0.25, 0.3) is 0 Å². The Morgan fingerprint density at radius 3 is 2.69 bits per heavy atom. The zero-order chi connectivity index (χ0) is 11.0. The van der Waals surface area contributed by atoms with Gasteiger partial charge in [0, 0.05) is 5.56 Å². The molecule has 3 aromatic rings. The number of aromatic amines is 1. The predicted octanol–water partition coefficient (Wildman–Crippen LogP) is 2.33. The number of nitrogens with zero attached hydrogens (tertiary/aromatic N) is 3. The minimum absolute atomic E-state index is 0.714. The molecule has 1 N–H and O–H groups in total. The summed E-state index contributed by atoms with van der Waals surface area (Å²) >= 11 is 0. The van der Waals surface area contributed by atoms with Gasteiger partial charge in [-0.2, -0.15) is 0 Å². The first-order valence-corrected chi connectivity index (χ1v) is 5.08. The number of aromatic nitrogens is 4. The molecule has 4 nitrogen and oxygen atoms in total. The highest BCUT2D eigenvalue weighted by molar-refractivity contribution is 5.75. The first kappa shape index (κ1) is 9.03. The second-order valence-electron chi connectivity index (χ2n) is 3.60. The van der Waals surface area contributed by atoms with E-state index in [2.05, 4.69) is 19.9 Å². The maximum Gasteiger partial charge on any atom is 0.181 e. The van der Waals surface area contributed by atoms with E-state index >= 15 is 0 Å². The van der Waals surface area contributed by atoms with Gasteiger partial charge in [-0.15, -0.1) is 0 Å². The number of hydrogen-bond donors (Lipinski definition) is 1. The minimum atomic E-state index is 0.714. The smallest absolute Gasteiger partial charge is 0.181 e. The molecule has 0 aliphatic rings. The second-order valence-corrected chi connectivity index (χ2v) is 3.60. The lowest BCUT2D eigenvalue weighted by atomic mass is 10.2. The van der Waals surface area contributed by atoms with Gasteiger partial charge < -0.3 is 4.98 Å². The Hall–Kier alpha value is -2.23. The van der Waals surface area contributed by atoms with Gasteiger partial charge >= 0.3 is 0 Å². The van der Waals surface area contributed by atoms with Crippen molar-refractivity contribution in [1.82, 2.24) is 19.9 Å². The van der Waals surface area contributed by atoms with Gasteiger partial charge in [-0.1, -0.05) is 30.3 Å². The molecular formula is C12H10N4. The number of rotatable bonds is 1. The SMILES string of the molecule is Cc1nc(-c2ccccc2)nc2nc[nH]c12. The minimum Gasteiger partial charge on any atom is -0.342 e. The van der Waals surface area contributed by atoms with Gasteiger partial charge in [-0.05, 0) is 6.92 Å². The van der Waals surface area contributed by atoms with Crippen LogP contribution in [0.3, 0.4) is 0 Å². The van der Waals surface area contributed by atoms with Crippen LogP contribution in [-0.4, -0.2) is 19.9 Å². The fourth-order valence-corrected chi connectivity index (χ4v) is 1.69. The largest absolute Gasteiger partial charge is 0.342 e. The third kappa shape index (κ3) is 1.35. The van der Waals surface area contributed by atoms with Crippen molar-refractivity contribution in [2.24, 2.45) is 0 Å². The van der Waals surface area contributed by atoms with Crippen molar-refractivity contribution in [3.05, 3.63) is 42.4 Å². The summed E-state index contributed by atoms with van der Waals surface area (Å²) in [5.74, 6) is 0.720. The molecule has 0 unspecified atom stereocenters. The van der Waals surface area contributed by atoms with E-state index in [0.717, 1.165) is 22.6 Å². The highest BCUT2D eigenvalue weighted by Gasteiger charge is 2.07. The highest BCUT2D eigenvalue weighted by Crippen LogP contribution is 2.18. The molecule has 0 aliphatic heterocycles. The first-order valence-electron chi connectivity index (χ1n) is 5.08. The fourth-order valence-electron chi connectivity index (χ4n) is 1.69. The number of fused-ring (bicyclic) bond motifs is 1. The van der Waals surface area contributed by atoms with E-state index in [1.165, 1.54) is 0 Å². The Balaban J connectivity index is 2.25. The lowest BCUT2D eigenvalue weighted by molar-refractivity contribution is 1.14. The van der Waals surface area contributed by atoms with Crippen LogP contribution in [0.4, 0.5) is 0 Å². The van der Waals surface area contributed by atoms with Crippen molar-refractivity contribution in [3.8, 4) is 11.4 Å². The predicted molar refractivity (Wildman–Crippen MR) is 61.9 cm³/mol. The van der Waals surface area contributed by atoms with Crippen molar-refractivity contribution in [2.45, 2.75) is 6.92 Å². The standard InChI is InChI=1S/C12H10N4/c1-8-10-12(14-7-13-10)16-11(15-8)9-5-3-2-4-6-9/h2-7H,1H3,(H,13,14,15,16). The monoisotopic (exact) mass is 210 g/mol. The van der Waals surface area contributed by atoms with Crippen molar-refractivity contribution < 1.29 is 0 Å². The van der Waals surface area contributed by atoms with Crippen LogP contribution in [0.1, 0.15) is 5.69 Å². The number of H-pyrrole nitrogens is 1. The van der Waals surface area contributed by atoms with Crippen molar-refractivity contribution in [1.29, 1.82) is 0 Å². The summed E-state index contributed by atoms with van der Waals surface area (Å²) in [6.45, 7) is 1.95. The maximum atomic E-state index is 4.46. The summed E-state index contributed by atoms with van der Waals surface area (Å²) in [7, 11) is 0. The third-order valence-electron chi connectivity index (χ3n) is 2.50. The fraction of sp³-hybridized carbons (Fsp3) is 0.0833. The molecule has 0 bridgehead atoms. The molecule has 0 fully saturated rings. The lowest BCUT2D eigenvalue weighted by Crippen LogP contribution is -1.93. The lowest BCUT2D eigenvalue weighted by Gasteiger charge is -2.01. The molecule has 0 saturated carbocycles. The molecule has 4 heteroatoms. The van der Waals surface area contributed by atoms with Crippen molar-refractivity contribution in [3.63, 3.8) is 0 Å². The van der Waals surface area contributed by atoms with E-state index in [0.29, 0.717) is 5.65 Å². The molecule has 16 heavy (non-hydrogen) atoms. The highest BCUT2D eigenvalue weighted by atomic mass is 15.0. The molecule has 0 aliphatic carbocycles. The quantitative estimate of drug-likeness (QED) is 0.670. The van der Waals surface area contributed by atoms with Gasteiger partial charge in [0.1, 0.15) is 5.52 Å². The third-order valence-corrected chi connectivity index (χ3v) is 2.50. The van der Waals surface area contributed by atoms with E-state index in [1.807, 2.05) is 37.3 Å². The molecule has 0 atom stereocenters. The number of nitrogens with one attached hydrogen (secondary N) is 1. The van der Waals surface area contributed by atoms with Gasteiger partial charge in [-0.3, -0.25) is 0 Å². The summed E-state index contributed by atoms with van der Waals surface area (Å²) in [5, 5.41) is 0. The molecule has 2 heterocycles. The molecular weight excluding hydrogens is 200 g/mol. The summed E-state index contributed by atoms with van der Waals surface area (Å²) in [5.41, 5.74) is 3.54. The number of benzene rings is 1. The molecule has 3 rings (SSSR count). The molecule has 1 aromatic carbocycles. The zero-order valence-electron chi connectivity index (χ0n) is 8.81. The van der Waals surface area contributed by atoms with Crippen LogP contribution < -0.4 is 0 Å². The number of hydrogen-bond acceptors (Lipinski definition) is 3. The average molecular weight is 210 g/mol. The Labute approximate surface area is 92.4 Å². The van der Waals surface area contributed by atoms with E-state index in [4.69, 9.17) is 0 Å². The van der Waals surface area contributed by atoms with E-state index in [1.54, 1.807) is 6.33 Å². The number of aryl methyl sites for hydroxylation is 1. The number of imidazole rings is 1. The normalized spacial score (nSPS) is 10.8. The Bertz CT molecular complexity index is 628. The second kappa shape index (κ2) is 3.41. The molecule has 0 radical (unpaired) electrons. The van der Waals surface area contributed by atoms with Crippen LogP contribution in [0.2, 0.25) is 0 Å². The van der Waals surface area contributed by atoms with Gasteiger partial charge in [0.15, 0.2) is 11.5 Å². The van der Waals surface area contributed by atoms with Crippen LogP contribution in [0.5, 0.6) is 0 Å². The van der Waals surface area contributed by atoms with Crippen molar-refractivity contribution in [2.75, 3.05) is 0 Å². The van der Waals surface area contributed by atoms with Crippen molar-refractivity contribution >= 4 is 11.2 Å². The molecule has 0 saturated heterocycles. The molecule has 0 spiro atoms. The average Bonchev–Trinajstić information content (AvgIpc) is 2.79. The van der Waals surface area contributed by atoms with E-state index in [-0.39, 0.29) is 0 Å². The Morgan fingerprint density at radius 1 is 1.06 bits per heavy atom. The van der Waals surface area contributed by atoms with E-state index in [9.17, 15) is 0 Å². The van der Waals surface area contributed by atoms with Crippen LogP contribution in [0.25, 0.3) is 22.6 Å². The molecule has 78 valence electrons. The van der Waals surface area contributed by atoms with Gasteiger partial charge in [0.05, 0.1) is 12.0 Å². The Kier molecular flexibility index (Phi) is 1.93. The van der Waals surface area contributed by atoms with Crippen LogP contribution in [0, 0.1) is 6.92 Å². The topological polar surface area (TPSA) is 54.5 Å². The Morgan fingerprint density at radius 2 is 1.88 bits per heavy atom.